The predicted molar refractivity (Wildman–Crippen MR) is 101 cm³/mol. The van der Waals surface area contributed by atoms with Crippen LogP contribution in [0, 0.1) is 17.8 Å². The van der Waals surface area contributed by atoms with Gasteiger partial charge in [-0.3, -0.25) is 14.4 Å². The zero-order valence-electron chi connectivity index (χ0n) is 17.1. The normalized spacial score (nSPS) is 16.5. The Kier molecular flexibility index (Phi) is 9.33. The van der Waals surface area contributed by atoms with Crippen LogP contribution in [-0.2, 0) is 14.4 Å². The van der Waals surface area contributed by atoms with Gasteiger partial charge >= 0.3 is 0 Å². The number of carbonyl (C=O) groups excluding carboxylic acids is 3. The number of amides is 2. The van der Waals surface area contributed by atoms with Crippen LogP contribution < -0.4 is 11.1 Å². The van der Waals surface area contributed by atoms with E-state index in [2.05, 4.69) is 5.32 Å². The van der Waals surface area contributed by atoms with Crippen molar-refractivity contribution < 1.29 is 14.4 Å². The molecule has 0 aliphatic carbocycles. The van der Waals surface area contributed by atoms with Gasteiger partial charge in [0, 0.05) is 7.05 Å². The molecule has 0 bridgehead atoms. The van der Waals surface area contributed by atoms with Gasteiger partial charge in [-0.05, 0) is 37.5 Å². The van der Waals surface area contributed by atoms with Crippen molar-refractivity contribution in [2.45, 2.75) is 78.9 Å². The van der Waals surface area contributed by atoms with Gasteiger partial charge in [-0.1, -0.05) is 41.5 Å². The van der Waals surface area contributed by atoms with Gasteiger partial charge in [-0.25, -0.2) is 0 Å². The molecule has 0 rings (SSSR count). The summed E-state index contributed by atoms with van der Waals surface area (Å²) in [6.45, 7) is 13.4. The van der Waals surface area contributed by atoms with E-state index < -0.39 is 17.6 Å². The summed E-state index contributed by atoms with van der Waals surface area (Å²) in [6.07, 6.45) is 3.06. The third-order valence-corrected chi connectivity index (χ3v) is 4.39. The quantitative estimate of drug-likeness (QED) is 0.626. The van der Waals surface area contributed by atoms with E-state index in [4.69, 9.17) is 5.73 Å². The van der Waals surface area contributed by atoms with Gasteiger partial charge in [0.05, 0.1) is 6.04 Å². The Bertz CT molecular complexity index is 463. The molecule has 0 aromatic rings. The van der Waals surface area contributed by atoms with E-state index in [1.807, 2.05) is 47.8 Å². The van der Waals surface area contributed by atoms with Crippen molar-refractivity contribution in [3.63, 3.8) is 0 Å². The zero-order valence-corrected chi connectivity index (χ0v) is 17.1. The Morgan fingerprint density at radius 3 is 2.00 bits per heavy atom. The van der Waals surface area contributed by atoms with Crippen molar-refractivity contribution in [2.75, 3.05) is 7.05 Å². The molecule has 25 heavy (non-hydrogen) atoms. The standard InChI is InChI=1S/C19H36N3O3/c1-12(2)9-15(20)17(24)21-16(14(5)6)18(25)22(8)19(7,11-23)10-13(3)4/h12-16H,9-10,20H2,1-8H3,(H,21,24)/t15-,16-,19-/m0/s1. The minimum Gasteiger partial charge on any atom is -0.343 e. The van der Waals surface area contributed by atoms with E-state index in [9.17, 15) is 14.4 Å². The Labute approximate surface area is 152 Å². The minimum absolute atomic E-state index is 0.125. The van der Waals surface area contributed by atoms with Crippen molar-refractivity contribution in [2.24, 2.45) is 23.5 Å². The van der Waals surface area contributed by atoms with Crippen LogP contribution in [0.5, 0.6) is 0 Å². The number of hydrogen-bond acceptors (Lipinski definition) is 4. The lowest BCUT2D eigenvalue weighted by molar-refractivity contribution is -0.140. The maximum Gasteiger partial charge on any atom is 0.245 e. The van der Waals surface area contributed by atoms with Gasteiger partial charge in [-0.2, -0.15) is 0 Å². The maximum absolute atomic E-state index is 12.9. The lowest BCUT2D eigenvalue weighted by Crippen LogP contribution is -2.59. The molecule has 0 aliphatic heterocycles. The van der Waals surface area contributed by atoms with Crippen molar-refractivity contribution >= 4 is 18.1 Å². The first-order valence-electron chi connectivity index (χ1n) is 9.08. The third kappa shape index (κ3) is 7.14. The molecule has 2 amide bonds. The lowest BCUT2D eigenvalue weighted by atomic mass is 9.89. The molecule has 0 spiro atoms. The maximum atomic E-state index is 12.9. The highest BCUT2D eigenvalue weighted by atomic mass is 16.2. The average Bonchev–Trinajstić information content (AvgIpc) is 2.48. The molecule has 0 heterocycles. The fraction of sp³-hybridized carbons (Fsp3) is 0.842. The number of nitrogens with zero attached hydrogens (tertiary/aromatic N) is 1. The summed E-state index contributed by atoms with van der Waals surface area (Å²) in [6, 6.07) is -1.38. The lowest BCUT2D eigenvalue weighted by Gasteiger charge is -2.38. The highest BCUT2D eigenvalue weighted by Gasteiger charge is 2.38. The third-order valence-electron chi connectivity index (χ3n) is 4.39. The summed E-state index contributed by atoms with van der Waals surface area (Å²) in [7, 11) is 1.59. The monoisotopic (exact) mass is 354 g/mol. The van der Waals surface area contributed by atoms with Crippen molar-refractivity contribution in [1.29, 1.82) is 0 Å². The molecular formula is C19H36N3O3. The van der Waals surface area contributed by atoms with E-state index in [1.165, 1.54) is 4.90 Å². The van der Waals surface area contributed by atoms with E-state index in [0.717, 1.165) is 0 Å². The van der Waals surface area contributed by atoms with Gasteiger partial charge in [0.15, 0.2) is 0 Å². The van der Waals surface area contributed by atoms with Crippen LogP contribution >= 0.6 is 0 Å². The second kappa shape index (κ2) is 9.90. The summed E-state index contributed by atoms with van der Waals surface area (Å²) in [4.78, 5) is 38.2. The van der Waals surface area contributed by atoms with Gasteiger partial charge in [0.1, 0.15) is 11.6 Å². The van der Waals surface area contributed by atoms with Gasteiger partial charge < -0.3 is 16.0 Å². The molecule has 3 atom stereocenters. The second-order valence-electron chi connectivity index (χ2n) is 8.34. The van der Waals surface area contributed by atoms with E-state index >= 15 is 0 Å². The van der Waals surface area contributed by atoms with Crippen LogP contribution in [0.25, 0.3) is 0 Å². The molecular weight excluding hydrogens is 318 g/mol. The summed E-state index contributed by atoms with van der Waals surface area (Å²) in [5, 5.41) is 2.77. The average molecular weight is 355 g/mol. The molecule has 0 aromatic carbocycles. The molecule has 3 N–H and O–H groups in total. The van der Waals surface area contributed by atoms with Crippen LogP contribution in [0.2, 0.25) is 0 Å². The van der Waals surface area contributed by atoms with Crippen molar-refractivity contribution in [3.8, 4) is 0 Å². The number of rotatable bonds is 10. The predicted octanol–water partition coefficient (Wildman–Crippen LogP) is 1.87. The fourth-order valence-corrected chi connectivity index (χ4v) is 2.88. The Hall–Kier alpha value is -1.43. The number of hydrogen-bond donors (Lipinski definition) is 2. The molecule has 0 saturated carbocycles. The molecule has 0 fully saturated rings. The van der Waals surface area contributed by atoms with Crippen LogP contribution in [0.3, 0.4) is 0 Å². The van der Waals surface area contributed by atoms with Crippen LogP contribution in [-0.4, -0.2) is 47.7 Å². The van der Waals surface area contributed by atoms with Crippen LogP contribution in [0.1, 0.15) is 61.3 Å². The first kappa shape index (κ1) is 23.6. The molecule has 145 valence electrons. The SMILES string of the molecule is CC(C)C[C@H](N)C(=O)N[C@H](C(=O)N(C)[C@](C)([C]=O)CC(C)C)C(C)C. The number of nitrogens with one attached hydrogen (secondary N) is 1. The summed E-state index contributed by atoms with van der Waals surface area (Å²) >= 11 is 0. The van der Waals surface area contributed by atoms with Crippen LogP contribution in [0.4, 0.5) is 0 Å². The Morgan fingerprint density at radius 1 is 1.12 bits per heavy atom. The minimum atomic E-state index is -1.02. The first-order valence-corrected chi connectivity index (χ1v) is 9.08. The number of nitrogens with two attached hydrogens (primary N) is 1. The summed E-state index contributed by atoms with van der Waals surface area (Å²) in [5.41, 5.74) is 4.90. The Balaban J connectivity index is 5.29. The zero-order chi connectivity index (χ0) is 19.9. The molecule has 1 radical (unpaired) electrons. The van der Waals surface area contributed by atoms with E-state index in [1.54, 1.807) is 14.0 Å². The van der Waals surface area contributed by atoms with Crippen LogP contribution in [0.15, 0.2) is 0 Å². The first-order chi connectivity index (χ1) is 11.4. The fourth-order valence-electron chi connectivity index (χ4n) is 2.88. The Morgan fingerprint density at radius 2 is 1.64 bits per heavy atom. The topological polar surface area (TPSA) is 92.5 Å². The molecule has 6 nitrogen and oxygen atoms in total. The summed E-state index contributed by atoms with van der Waals surface area (Å²) in [5.74, 6) is -0.245. The second-order valence-corrected chi connectivity index (χ2v) is 8.34. The molecule has 0 saturated heterocycles. The number of likely N-dealkylation sites (N-methyl/N-ethyl adjacent to an activating group) is 1. The largest absolute Gasteiger partial charge is 0.343 e. The van der Waals surface area contributed by atoms with E-state index in [0.29, 0.717) is 12.8 Å². The molecule has 0 aliphatic rings. The highest BCUT2D eigenvalue weighted by molar-refractivity contribution is 5.91. The number of carbonyl (C=O) groups is 2. The van der Waals surface area contributed by atoms with Gasteiger partial charge in [0.25, 0.3) is 0 Å². The molecule has 0 aromatic heterocycles. The van der Waals surface area contributed by atoms with E-state index in [-0.39, 0.29) is 29.6 Å². The van der Waals surface area contributed by atoms with Crippen molar-refractivity contribution in [3.05, 3.63) is 0 Å². The smallest absolute Gasteiger partial charge is 0.245 e. The molecule has 0 unspecified atom stereocenters. The van der Waals surface area contributed by atoms with Gasteiger partial charge in [0.2, 0.25) is 18.1 Å². The van der Waals surface area contributed by atoms with Gasteiger partial charge in [-0.15, -0.1) is 0 Å². The molecule has 6 heteroatoms. The summed E-state index contributed by atoms with van der Waals surface area (Å²) < 4.78 is 0. The highest BCUT2D eigenvalue weighted by Crippen LogP contribution is 2.22. The van der Waals surface area contributed by atoms with Crippen molar-refractivity contribution in [1.82, 2.24) is 10.2 Å².